The fraction of sp³-hybridized carbons (Fsp3) is 0.105. The Morgan fingerprint density at radius 2 is 1.71 bits per heavy atom. The molecule has 0 saturated heterocycles. The van der Waals surface area contributed by atoms with Gasteiger partial charge in [-0.15, -0.1) is 11.8 Å². The second-order valence-electron chi connectivity index (χ2n) is 5.85. The van der Waals surface area contributed by atoms with E-state index in [2.05, 4.69) is 10.1 Å². The van der Waals surface area contributed by atoms with Crippen LogP contribution in [-0.4, -0.2) is 33.0 Å². The standard InChI is InChI=1S/C19H13N3O5S/c1-11-20-16(26-21-11)10-28-15-9-5-4-8-14(15)19(25)27-22-17(23)12-6-2-3-7-13(12)18(22)24/h2-9H,10H2,1H3. The van der Waals surface area contributed by atoms with E-state index in [4.69, 9.17) is 9.36 Å². The lowest BCUT2D eigenvalue weighted by atomic mass is 10.1. The van der Waals surface area contributed by atoms with Gasteiger partial charge in [-0.25, -0.2) is 4.79 Å². The summed E-state index contributed by atoms with van der Waals surface area (Å²) >= 11 is 1.30. The molecule has 2 heterocycles. The van der Waals surface area contributed by atoms with E-state index in [1.807, 2.05) is 0 Å². The fourth-order valence-electron chi connectivity index (χ4n) is 2.68. The van der Waals surface area contributed by atoms with E-state index in [1.165, 1.54) is 23.9 Å². The molecule has 2 amide bonds. The highest BCUT2D eigenvalue weighted by Crippen LogP contribution is 2.28. The largest absolute Gasteiger partial charge is 0.365 e. The van der Waals surface area contributed by atoms with Crippen LogP contribution in [0.1, 0.15) is 42.8 Å². The van der Waals surface area contributed by atoms with Gasteiger partial charge in [0.1, 0.15) is 0 Å². The van der Waals surface area contributed by atoms with Gasteiger partial charge in [0.15, 0.2) is 5.82 Å². The minimum atomic E-state index is -0.806. The van der Waals surface area contributed by atoms with Crippen LogP contribution in [0.25, 0.3) is 0 Å². The van der Waals surface area contributed by atoms with E-state index in [0.717, 1.165) is 0 Å². The Balaban J connectivity index is 1.51. The molecule has 0 radical (unpaired) electrons. The van der Waals surface area contributed by atoms with Crippen molar-refractivity contribution in [1.29, 1.82) is 0 Å². The molecule has 0 aliphatic carbocycles. The van der Waals surface area contributed by atoms with Crippen LogP contribution in [0.15, 0.2) is 57.9 Å². The number of aromatic nitrogens is 2. The molecule has 0 unspecified atom stereocenters. The van der Waals surface area contributed by atoms with Crippen molar-refractivity contribution < 1.29 is 23.7 Å². The van der Waals surface area contributed by atoms with Gasteiger partial charge in [-0.2, -0.15) is 4.98 Å². The van der Waals surface area contributed by atoms with E-state index in [-0.39, 0.29) is 16.7 Å². The maximum Gasteiger partial charge on any atom is 0.365 e. The molecule has 1 aliphatic rings. The summed E-state index contributed by atoms with van der Waals surface area (Å²) in [5.41, 5.74) is 0.629. The maximum absolute atomic E-state index is 12.6. The minimum Gasteiger partial charge on any atom is -0.338 e. The average molecular weight is 395 g/mol. The normalized spacial score (nSPS) is 13.0. The van der Waals surface area contributed by atoms with Gasteiger partial charge < -0.3 is 9.36 Å². The molecule has 28 heavy (non-hydrogen) atoms. The van der Waals surface area contributed by atoms with E-state index >= 15 is 0 Å². The topological polar surface area (TPSA) is 103 Å². The number of hydroxylamine groups is 2. The summed E-state index contributed by atoms with van der Waals surface area (Å²) < 4.78 is 5.06. The molecule has 0 bridgehead atoms. The molecule has 1 aromatic heterocycles. The predicted molar refractivity (Wildman–Crippen MR) is 97.4 cm³/mol. The number of fused-ring (bicyclic) bond motifs is 1. The third-order valence-electron chi connectivity index (χ3n) is 3.96. The van der Waals surface area contributed by atoms with Crippen molar-refractivity contribution in [2.24, 2.45) is 0 Å². The molecule has 0 saturated carbocycles. The van der Waals surface area contributed by atoms with Gasteiger partial charge in [-0.1, -0.05) is 34.5 Å². The van der Waals surface area contributed by atoms with E-state index in [9.17, 15) is 14.4 Å². The molecule has 0 atom stereocenters. The van der Waals surface area contributed by atoms with Gasteiger partial charge in [0, 0.05) is 4.90 Å². The molecule has 9 heteroatoms. The van der Waals surface area contributed by atoms with E-state index in [0.29, 0.717) is 27.4 Å². The molecule has 8 nitrogen and oxygen atoms in total. The molecule has 0 spiro atoms. The number of thioether (sulfide) groups is 1. The fourth-order valence-corrected chi connectivity index (χ4v) is 3.56. The minimum absolute atomic E-state index is 0.203. The highest BCUT2D eigenvalue weighted by Gasteiger charge is 2.39. The number of imide groups is 1. The van der Waals surface area contributed by atoms with Crippen LogP contribution in [0.2, 0.25) is 0 Å². The summed E-state index contributed by atoms with van der Waals surface area (Å²) in [4.78, 5) is 47.2. The maximum atomic E-state index is 12.6. The number of aryl methyl sites for hydroxylation is 1. The van der Waals surface area contributed by atoms with E-state index < -0.39 is 17.8 Å². The number of hydrogen-bond acceptors (Lipinski definition) is 8. The van der Waals surface area contributed by atoms with Crippen LogP contribution >= 0.6 is 11.8 Å². The Labute approximate surface area is 163 Å². The number of carbonyl (C=O) groups excluding carboxylic acids is 3. The Hall–Kier alpha value is -3.46. The van der Waals surface area contributed by atoms with E-state index in [1.54, 1.807) is 43.3 Å². The van der Waals surface area contributed by atoms with Crippen LogP contribution in [0.4, 0.5) is 0 Å². The lowest BCUT2D eigenvalue weighted by molar-refractivity contribution is -0.0586. The first kappa shape index (κ1) is 17.9. The van der Waals surface area contributed by atoms with Gasteiger partial charge in [0.25, 0.3) is 11.8 Å². The lowest BCUT2D eigenvalue weighted by Gasteiger charge is -2.14. The van der Waals surface area contributed by atoms with Gasteiger partial charge in [-0.3, -0.25) is 9.59 Å². The Bertz CT molecular complexity index is 1060. The van der Waals surface area contributed by atoms with Crippen LogP contribution < -0.4 is 0 Å². The van der Waals surface area contributed by atoms with Crippen LogP contribution in [0, 0.1) is 6.92 Å². The van der Waals surface area contributed by atoms with Crippen molar-refractivity contribution in [3.05, 3.63) is 76.9 Å². The van der Waals surface area contributed by atoms with Gasteiger partial charge in [-0.05, 0) is 31.2 Å². The zero-order valence-corrected chi connectivity index (χ0v) is 15.4. The Morgan fingerprint density at radius 1 is 1.07 bits per heavy atom. The zero-order valence-electron chi connectivity index (χ0n) is 14.6. The van der Waals surface area contributed by atoms with Gasteiger partial charge in [0.2, 0.25) is 5.89 Å². The summed E-state index contributed by atoms with van der Waals surface area (Å²) in [5.74, 6) is -0.835. The SMILES string of the molecule is Cc1noc(CSc2ccccc2C(=O)ON2C(=O)c3ccccc3C2=O)n1. The first-order valence-corrected chi connectivity index (χ1v) is 9.24. The molecular weight excluding hydrogens is 382 g/mol. The second-order valence-corrected chi connectivity index (χ2v) is 6.87. The third-order valence-corrected chi connectivity index (χ3v) is 5.02. The van der Waals surface area contributed by atoms with Gasteiger partial charge >= 0.3 is 5.97 Å². The zero-order chi connectivity index (χ0) is 19.7. The molecule has 1 aliphatic heterocycles. The predicted octanol–water partition coefficient (Wildman–Crippen LogP) is 3.04. The average Bonchev–Trinajstić information content (AvgIpc) is 3.23. The lowest BCUT2D eigenvalue weighted by Crippen LogP contribution is -2.32. The number of rotatable bonds is 5. The van der Waals surface area contributed by atoms with Crippen LogP contribution in [-0.2, 0) is 10.6 Å². The molecule has 2 aromatic carbocycles. The monoisotopic (exact) mass is 395 g/mol. The molecule has 0 N–H and O–H groups in total. The molecule has 4 rings (SSSR count). The van der Waals surface area contributed by atoms with Crippen molar-refractivity contribution in [3.8, 4) is 0 Å². The van der Waals surface area contributed by atoms with Crippen LogP contribution in [0.5, 0.6) is 0 Å². The molecular formula is C19H13N3O5S. The number of carbonyl (C=O) groups is 3. The molecule has 0 fully saturated rings. The quantitative estimate of drug-likeness (QED) is 0.480. The molecule has 3 aromatic rings. The van der Waals surface area contributed by atoms with Crippen molar-refractivity contribution in [2.75, 3.05) is 0 Å². The summed E-state index contributed by atoms with van der Waals surface area (Å²) in [7, 11) is 0. The first-order valence-electron chi connectivity index (χ1n) is 8.25. The number of amides is 2. The summed E-state index contributed by atoms with van der Waals surface area (Å²) in [5, 5.41) is 4.21. The van der Waals surface area contributed by atoms with Crippen molar-refractivity contribution in [1.82, 2.24) is 15.2 Å². The smallest absolute Gasteiger partial charge is 0.338 e. The van der Waals surface area contributed by atoms with Crippen molar-refractivity contribution in [2.45, 2.75) is 17.6 Å². The highest BCUT2D eigenvalue weighted by molar-refractivity contribution is 7.98. The summed E-state index contributed by atoms with van der Waals surface area (Å²) in [6.45, 7) is 1.71. The summed E-state index contributed by atoms with van der Waals surface area (Å²) in [6, 6.07) is 13.0. The summed E-state index contributed by atoms with van der Waals surface area (Å²) in [6.07, 6.45) is 0. The third kappa shape index (κ3) is 3.27. The van der Waals surface area contributed by atoms with Crippen LogP contribution in [0.3, 0.4) is 0 Å². The Kier molecular flexibility index (Phi) is 4.66. The van der Waals surface area contributed by atoms with Crippen molar-refractivity contribution in [3.63, 3.8) is 0 Å². The Morgan fingerprint density at radius 3 is 2.36 bits per heavy atom. The molecule has 140 valence electrons. The second kappa shape index (κ2) is 7.28. The number of nitrogens with zero attached hydrogens (tertiary/aromatic N) is 3. The van der Waals surface area contributed by atoms with Crippen molar-refractivity contribution >= 4 is 29.5 Å². The number of hydrogen-bond donors (Lipinski definition) is 0. The number of benzene rings is 2. The first-order chi connectivity index (χ1) is 13.5. The highest BCUT2D eigenvalue weighted by atomic mass is 32.2. The van der Waals surface area contributed by atoms with Gasteiger partial charge in [0.05, 0.1) is 22.4 Å².